The summed E-state index contributed by atoms with van der Waals surface area (Å²) in [6.45, 7) is 4.14. The Morgan fingerprint density at radius 1 is 1.38 bits per heavy atom. The molecule has 1 saturated heterocycles. The second-order valence-corrected chi connectivity index (χ2v) is 4.68. The molecule has 88 valence electrons. The van der Waals surface area contributed by atoms with Gasteiger partial charge in [0.2, 0.25) is 0 Å². The second-order valence-electron chi connectivity index (χ2n) is 4.68. The van der Waals surface area contributed by atoms with Crippen LogP contribution < -0.4 is 5.32 Å². The Morgan fingerprint density at radius 3 is 2.94 bits per heavy atom. The van der Waals surface area contributed by atoms with Crippen LogP contribution in [0.1, 0.15) is 29.9 Å². The van der Waals surface area contributed by atoms with E-state index in [1.807, 2.05) is 0 Å². The zero-order valence-electron chi connectivity index (χ0n) is 10.2. The van der Waals surface area contributed by atoms with Crippen molar-refractivity contribution in [1.29, 1.82) is 0 Å². The molecule has 0 amide bonds. The normalized spacial score (nSPS) is 25.6. The molecule has 1 aromatic carbocycles. The third-order valence-corrected chi connectivity index (χ3v) is 3.49. The number of piperidine rings is 1. The molecule has 1 fully saturated rings. The number of nitrogens with one attached hydrogen (secondary N) is 1. The molecule has 2 nitrogen and oxygen atoms in total. The Hall–Kier alpha value is -0.860. The zero-order chi connectivity index (χ0) is 11.4. The van der Waals surface area contributed by atoms with E-state index < -0.39 is 0 Å². The van der Waals surface area contributed by atoms with Crippen LogP contribution in [0.3, 0.4) is 0 Å². The summed E-state index contributed by atoms with van der Waals surface area (Å²) in [5.41, 5.74) is 2.94. The molecule has 2 heteroatoms. The first kappa shape index (κ1) is 11.6. The van der Waals surface area contributed by atoms with Crippen molar-refractivity contribution in [2.75, 3.05) is 20.3 Å². The summed E-state index contributed by atoms with van der Waals surface area (Å²) in [7, 11) is 1.78. The molecule has 0 bridgehead atoms. The van der Waals surface area contributed by atoms with Gasteiger partial charge in [-0.3, -0.25) is 0 Å². The fourth-order valence-corrected chi connectivity index (χ4v) is 2.66. The van der Waals surface area contributed by atoms with E-state index in [1.54, 1.807) is 7.11 Å². The molecule has 1 aromatic rings. The van der Waals surface area contributed by atoms with Gasteiger partial charge in [-0.25, -0.2) is 0 Å². The van der Waals surface area contributed by atoms with Gasteiger partial charge in [0.25, 0.3) is 0 Å². The Labute approximate surface area is 98.0 Å². The van der Waals surface area contributed by atoms with Crippen LogP contribution in [0.15, 0.2) is 24.3 Å². The van der Waals surface area contributed by atoms with Crippen molar-refractivity contribution < 1.29 is 4.74 Å². The zero-order valence-corrected chi connectivity index (χ0v) is 10.2. The summed E-state index contributed by atoms with van der Waals surface area (Å²) >= 11 is 0. The highest BCUT2D eigenvalue weighted by molar-refractivity contribution is 5.29. The maximum Gasteiger partial charge on any atom is 0.0616 e. The fourth-order valence-electron chi connectivity index (χ4n) is 2.66. The molecule has 1 aliphatic heterocycles. The third kappa shape index (κ3) is 2.63. The van der Waals surface area contributed by atoms with Gasteiger partial charge in [0.1, 0.15) is 0 Å². The molecule has 1 heterocycles. The van der Waals surface area contributed by atoms with Crippen LogP contribution in [0.5, 0.6) is 0 Å². The summed E-state index contributed by atoms with van der Waals surface area (Å²) < 4.78 is 5.23. The van der Waals surface area contributed by atoms with Crippen molar-refractivity contribution in [2.45, 2.75) is 31.7 Å². The largest absolute Gasteiger partial charge is 0.383 e. The molecule has 0 spiro atoms. The lowest BCUT2D eigenvalue weighted by atomic mass is 9.84. The molecule has 0 aliphatic carbocycles. The van der Waals surface area contributed by atoms with Crippen molar-refractivity contribution in [3.05, 3.63) is 35.4 Å². The van der Waals surface area contributed by atoms with Gasteiger partial charge in [0.15, 0.2) is 0 Å². The van der Waals surface area contributed by atoms with Crippen molar-refractivity contribution in [3.8, 4) is 0 Å². The quantitative estimate of drug-likeness (QED) is 0.843. The standard InChI is InChI=1S/C14H21NO/c1-11-5-3-4-6-14(11)12-7-8-15-13(9-12)10-16-2/h3-6,12-13,15H,7-10H2,1-2H3. The predicted molar refractivity (Wildman–Crippen MR) is 66.8 cm³/mol. The Morgan fingerprint density at radius 2 is 2.19 bits per heavy atom. The van der Waals surface area contributed by atoms with E-state index in [9.17, 15) is 0 Å². The lowest BCUT2D eigenvalue weighted by Crippen LogP contribution is -2.40. The molecule has 0 aromatic heterocycles. The van der Waals surface area contributed by atoms with E-state index >= 15 is 0 Å². The van der Waals surface area contributed by atoms with Crippen molar-refractivity contribution in [3.63, 3.8) is 0 Å². The molecule has 2 atom stereocenters. The van der Waals surface area contributed by atoms with E-state index in [0.717, 1.165) is 13.2 Å². The number of methoxy groups -OCH3 is 1. The van der Waals surface area contributed by atoms with Gasteiger partial charge in [-0.1, -0.05) is 24.3 Å². The highest BCUT2D eigenvalue weighted by atomic mass is 16.5. The van der Waals surface area contributed by atoms with E-state index in [0.29, 0.717) is 12.0 Å². The SMILES string of the molecule is COCC1CC(c2ccccc2C)CCN1. The van der Waals surface area contributed by atoms with E-state index in [2.05, 4.69) is 36.5 Å². The molecule has 1 N–H and O–H groups in total. The van der Waals surface area contributed by atoms with E-state index in [-0.39, 0.29) is 0 Å². The molecule has 16 heavy (non-hydrogen) atoms. The number of rotatable bonds is 3. The third-order valence-electron chi connectivity index (χ3n) is 3.49. The summed E-state index contributed by atoms with van der Waals surface area (Å²) in [5.74, 6) is 0.697. The molecule has 0 saturated carbocycles. The summed E-state index contributed by atoms with van der Waals surface area (Å²) in [4.78, 5) is 0. The Bertz CT molecular complexity index is 335. The maximum atomic E-state index is 5.23. The van der Waals surface area contributed by atoms with Gasteiger partial charge in [-0.05, 0) is 43.4 Å². The minimum Gasteiger partial charge on any atom is -0.383 e. The van der Waals surface area contributed by atoms with Crippen molar-refractivity contribution in [2.24, 2.45) is 0 Å². The average Bonchev–Trinajstić information content (AvgIpc) is 2.30. The topological polar surface area (TPSA) is 21.3 Å². The van der Waals surface area contributed by atoms with Crippen LogP contribution in [0.4, 0.5) is 0 Å². The van der Waals surface area contributed by atoms with Crippen LogP contribution in [0.25, 0.3) is 0 Å². The number of hydrogen-bond acceptors (Lipinski definition) is 2. The van der Waals surface area contributed by atoms with E-state index in [1.165, 1.54) is 24.0 Å². The molecule has 2 unspecified atom stereocenters. The second kappa shape index (κ2) is 5.46. The minimum absolute atomic E-state index is 0.517. The first-order valence-corrected chi connectivity index (χ1v) is 6.09. The summed E-state index contributed by atoms with van der Waals surface area (Å²) in [6, 6.07) is 9.27. The van der Waals surface area contributed by atoms with Crippen molar-refractivity contribution >= 4 is 0 Å². The average molecular weight is 219 g/mol. The van der Waals surface area contributed by atoms with Crippen LogP contribution in [0.2, 0.25) is 0 Å². The molecular formula is C14H21NO. The highest BCUT2D eigenvalue weighted by Crippen LogP contribution is 2.29. The molecule has 2 rings (SSSR count). The number of benzene rings is 1. The van der Waals surface area contributed by atoms with Crippen LogP contribution >= 0.6 is 0 Å². The lowest BCUT2D eigenvalue weighted by Gasteiger charge is -2.31. The van der Waals surface area contributed by atoms with Gasteiger partial charge >= 0.3 is 0 Å². The monoisotopic (exact) mass is 219 g/mol. The van der Waals surface area contributed by atoms with Gasteiger partial charge in [-0.15, -0.1) is 0 Å². The lowest BCUT2D eigenvalue weighted by molar-refractivity contribution is 0.149. The first-order chi connectivity index (χ1) is 7.81. The van der Waals surface area contributed by atoms with Crippen LogP contribution in [-0.4, -0.2) is 26.3 Å². The molecule has 0 radical (unpaired) electrons. The molecule has 1 aliphatic rings. The van der Waals surface area contributed by atoms with E-state index in [4.69, 9.17) is 4.74 Å². The van der Waals surface area contributed by atoms with Gasteiger partial charge in [0, 0.05) is 13.2 Å². The minimum atomic E-state index is 0.517. The predicted octanol–water partition coefficient (Wildman–Crippen LogP) is 2.48. The molecular weight excluding hydrogens is 198 g/mol. The Balaban J connectivity index is 2.07. The fraction of sp³-hybridized carbons (Fsp3) is 0.571. The van der Waals surface area contributed by atoms with Crippen LogP contribution in [0, 0.1) is 6.92 Å². The first-order valence-electron chi connectivity index (χ1n) is 6.09. The summed E-state index contributed by atoms with van der Waals surface area (Å²) in [6.07, 6.45) is 2.43. The van der Waals surface area contributed by atoms with Gasteiger partial charge < -0.3 is 10.1 Å². The van der Waals surface area contributed by atoms with Gasteiger partial charge in [0.05, 0.1) is 6.61 Å². The number of aryl methyl sites for hydroxylation is 1. The summed E-state index contributed by atoms with van der Waals surface area (Å²) in [5, 5.41) is 3.51. The van der Waals surface area contributed by atoms with Crippen LogP contribution in [-0.2, 0) is 4.74 Å². The number of hydrogen-bond donors (Lipinski definition) is 1. The Kier molecular flexibility index (Phi) is 3.97. The van der Waals surface area contributed by atoms with Crippen molar-refractivity contribution in [1.82, 2.24) is 5.32 Å². The smallest absolute Gasteiger partial charge is 0.0616 e. The highest BCUT2D eigenvalue weighted by Gasteiger charge is 2.23. The number of ether oxygens (including phenoxy) is 1. The van der Waals surface area contributed by atoms with Gasteiger partial charge in [-0.2, -0.15) is 0 Å². The maximum absolute atomic E-state index is 5.23.